The molecular weight excluding hydrogens is 372 g/mol. The second-order valence-electron chi connectivity index (χ2n) is 2.35. The first-order valence-electron chi connectivity index (χ1n) is 3.37. The van der Waals surface area contributed by atoms with Crippen LogP contribution in [0.4, 0.5) is 0 Å². The van der Waals surface area contributed by atoms with E-state index in [1.807, 2.05) is 12.3 Å². The van der Waals surface area contributed by atoms with Crippen LogP contribution < -0.4 is 0 Å². The van der Waals surface area contributed by atoms with Gasteiger partial charge in [-0.2, -0.15) is 12.3 Å². The van der Waals surface area contributed by atoms with Gasteiger partial charge in [0.1, 0.15) is 0 Å². The van der Waals surface area contributed by atoms with Crippen molar-refractivity contribution in [2.75, 3.05) is 0 Å². The van der Waals surface area contributed by atoms with E-state index in [4.69, 9.17) is 0 Å². The summed E-state index contributed by atoms with van der Waals surface area (Å²) in [6.45, 7) is 0. The van der Waals surface area contributed by atoms with Crippen LogP contribution in [0.15, 0.2) is 36.6 Å². The van der Waals surface area contributed by atoms with Crippen LogP contribution in [0.1, 0.15) is 11.5 Å². The molecule has 0 bridgehead atoms. The van der Waals surface area contributed by atoms with E-state index in [1.165, 1.54) is 5.56 Å². The van der Waals surface area contributed by atoms with E-state index in [0.29, 0.717) is 5.92 Å². The van der Waals surface area contributed by atoms with Crippen LogP contribution in [0.5, 0.6) is 0 Å². The fraction of sp³-hybridized carbons (Fsp3) is 0.0769. The molecule has 1 radical (unpaired) electrons. The minimum atomic E-state index is 0. The molecule has 0 aromatic carbocycles. The van der Waals surface area contributed by atoms with E-state index < -0.39 is 0 Å². The fourth-order valence-corrected chi connectivity index (χ4v) is 1.13. The summed E-state index contributed by atoms with van der Waals surface area (Å²) in [7, 11) is 0. The molecule has 0 unspecified atom stereocenters. The molecule has 0 spiro atoms. The third kappa shape index (κ3) is 7.31. The number of H-pyrrole nitrogens is 1. The first-order valence-corrected chi connectivity index (χ1v) is 3.37. The number of rotatable bonds is 1. The van der Waals surface area contributed by atoms with Crippen LogP contribution >= 0.6 is 0 Å². The van der Waals surface area contributed by atoms with Gasteiger partial charge in [-0.1, -0.05) is 24.3 Å². The molecular formula is C13H20NRu2. The first-order chi connectivity index (χ1) is 4.97. The number of hydrogen-bond donors (Lipinski definition) is 1. The normalized spacial score (nSPS) is 10.5. The molecule has 1 aliphatic carbocycles. The monoisotopic (exact) mass is 394 g/mol. The molecule has 0 saturated carbocycles. The van der Waals surface area contributed by atoms with Crippen LogP contribution in [0.2, 0.25) is 0 Å². The zero-order chi connectivity index (χ0) is 6.81. The van der Waals surface area contributed by atoms with Crippen LogP contribution in [0.25, 0.3) is 0 Å². The molecule has 1 aromatic heterocycles. The van der Waals surface area contributed by atoms with Crippen molar-refractivity contribution in [2.24, 2.45) is 0 Å². The smallest absolute Gasteiger partial charge is 0.484 e. The molecule has 1 nitrogen and oxygen atoms in total. The molecule has 0 aliphatic heterocycles. The maximum Gasteiger partial charge on any atom is 5.00 e. The molecule has 0 atom stereocenters. The molecule has 1 N–H and O–H groups in total. The minimum Gasteiger partial charge on any atom is -0.484 e. The van der Waals surface area contributed by atoms with Gasteiger partial charge in [0.05, 0.1) is 0 Å². The van der Waals surface area contributed by atoms with Crippen LogP contribution in [0, 0.1) is 35.9 Å². The molecule has 2 rings (SSSR count). The van der Waals surface area contributed by atoms with Gasteiger partial charge in [-0.15, -0.1) is 11.8 Å². The maximum absolute atomic E-state index is 3.05. The van der Waals surface area contributed by atoms with Gasteiger partial charge in [0.25, 0.3) is 0 Å². The predicted molar refractivity (Wildman–Crippen MR) is 66.3 cm³/mol. The van der Waals surface area contributed by atoms with Crippen molar-refractivity contribution in [1.29, 1.82) is 0 Å². The third-order valence-corrected chi connectivity index (χ3v) is 1.67. The Kier molecular flexibility index (Phi) is 27.9. The van der Waals surface area contributed by atoms with E-state index in [0.717, 1.165) is 0 Å². The molecule has 0 fully saturated rings. The number of hydrogen-bond acceptors (Lipinski definition) is 0. The van der Waals surface area contributed by atoms with Crippen molar-refractivity contribution in [3.8, 4) is 0 Å². The van der Waals surface area contributed by atoms with Gasteiger partial charge in [0.2, 0.25) is 0 Å². The van der Waals surface area contributed by atoms with E-state index in [9.17, 15) is 0 Å². The first kappa shape index (κ1) is 29.8. The summed E-state index contributed by atoms with van der Waals surface area (Å²) in [4.78, 5) is 2.91. The molecule has 93 valence electrons. The minimum absolute atomic E-state index is 0. The van der Waals surface area contributed by atoms with E-state index in [2.05, 4.69) is 35.5 Å². The molecule has 1 heterocycles. The number of nitrogens with one attached hydrogen (secondary N) is 1. The Bertz CT molecular complexity index is 251. The topological polar surface area (TPSA) is 15.8 Å². The van der Waals surface area contributed by atoms with E-state index in [-0.39, 0.29) is 68.7 Å². The Hall–Kier alpha value is 0.00675. The number of aromatic nitrogens is 1. The standard InChI is InChI=1S/C9H8N.4CH3.2Ru/c1-2-4-8(3-1)9-5-6-10-7-9;;;;;;/h1-6,8,10H;4*1H3;;/q5*-1;;+5. The third-order valence-electron chi connectivity index (χ3n) is 1.67. The van der Waals surface area contributed by atoms with Gasteiger partial charge in [0.15, 0.2) is 0 Å². The van der Waals surface area contributed by atoms with Crippen LogP contribution in [-0.2, 0) is 39.0 Å². The van der Waals surface area contributed by atoms with Gasteiger partial charge in [-0.3, -0.25) is 0 Å². The molecule has 1 aromatic rings. The maximum atomic E-state index is 3.05. The molecule has 0 amide bonds. The summed E-state index contributed by atoms with van der Waals surface area (Å²) in [6.07, 6.45) is 13.4. The molecule has 1 aliphatic rings. The van der Waals surface area contributed by atoms with Crippen molar-refractivity contribution < 1.29 is 39.0 Å². The van der Waals surface area contributed by atoms with Crippen LogP contribution in [0.3, 0.4) is 0 Å². The summed E-state index contributed by atoms with van der Waals surface area (Å²) < 4.78 is 0. The van der Waals surface area contributed by atoms with E-state index >= 15 is 0 Å². The quantitative estimate of drug-likeness (QED) is 0.553. The molecule has 3 heteroatoms. The van der Waals surface area contributed by atoms with Crippen molar-refractivity contribution in [3.63, 3.8) is 0 Å². The zero-order valence-electron chi connectivity index (χ0n) is 10.2. The van der Waals surface area contributed by atoms with Crippen molar-refractivity contribution >= 4 is 0 Å². The Morgan fingerprint density at radius 1 is 1.00 bits per heavy atom. The van der Waals surface area contributed by atoms with Crippen LogP contribution in [-0.4, -0.2) is 4.98 Å². The second kappa shape index (κ2) is 15.0. The van der Waals surface area contributed by atoms with Crippen molar-refractivity contribution in [3.05, 3.63) is 78.0 Å². The number of aromatic amines is 1. The predicted octanol–water partition coefficient (Wildman–Crippen LogP) is 3.82. The number of allylic oxidation sites excluding steroid dienone is 4. The summed E-state index contributed by atoms with van der Waals surface area (Å²) >= 11 is 0. The van der Waals surface area contributed by atoms with Crippen molar-refractivity contribution in [1.82, 2.24) is 4.98 Å². The zero-order valence-corrected chi connectivity index (χ0v) is 13.7. The van der Waals surface area contributed by atoms with Gasteiger partial charge < -0.3 is 34.7 Å². The Morgan fingerprint density at radius 2 is 1.50 bits per heavy atom. The van der Waals surface area contributed by atoms with Gasteiger partial charge in [-0.05, 0) is 5.92 Å². The second-order valence-corrected chi connectivity index (χ2v) is 2.35. The molecule has 16 heavy (non-hydrogen) atoms. The Balaban J connectivity index is -0.0000000672. The summed E-state index contributed by atoms with van der Waals surface area (Å²) in [5, 5.41) is 0. The largest absolute Gasteiger partial charge is 5.00 e. The SMILES string of the molecule is [CH3-].[CH3-].[CH3-].[CH3-].[Ru+5].[Ru].[c-]1[nH]ccc1C1C=CC=C1. The van der Waals surface area contributed by atoms with Gasteiger partial charge in [0, 0.05) is 19.5 Å². The Morgan fingerprint density at radius 3 is 1.88 bits per heavy atom. The summed E-state index contributed by atoms with van der Waals surface area (Å²) in [5.41, 5.74) is 1.21. The summed E-state index contributed by atoms with van der Waals surface area (Å²) in [5.74, 6) is 0.450. The average molecular weight is 392 g/mol. The fourth-order valence-electron chi connectivity index (χ4n) is 1.13. The average Bonchev–Trinajstić information content (AvgIpc) is 2.59. The van der Waals surface area contributed by atoms with Crippen molar-refractivity contribution in [2.45, 2.75) is 5.92 Å². The van der Waals surface area contributed by atoms with E-state index in [1.54, 1.807) is 0 Å². The molecule has 0 saturated heterocycles. The van der Waals surface area contributed by atoms with Gasteiger partial charge >= 0.3 is 19.5 Å². The summed E-state index contributed by atoms with van der Waals surface area (Å²) in [6, 6.07) is 2.05. The Labute approximate surface area is 127 Å². The van der Waals surface area contributed by atoms with Gasteiger partial charge in [-0.25, -0.2) is 0 Å².